The van der Waals surface area contributed by atoms with Crippen LogP contribution in [0.5, 0.6) is 23.0 Å². The molecule has 0 aromatic heterocycles. The Bertz CT molecular complexity index is 1640. The fourth-order valence-electron chi connectivity index (χ4n) is 4.77. The molecule has 4 aromatic rings. The molecule has 0 radical (unpaired) electrons. The highest BCUT2D eigenvalue weighted by atomic mass is 16.7. The van der Waals surface area contributed by atoms with Gasteiger partial charge in [-0.3, -0.25) is 0 Å². The molecule has 0 aliphatic carbocycles. The minimum Gasteiger partial charge on any atom is -0.457 e. The van der Waals surface area contributed by atoms with Crippen LogP contribution in [-0.4, -0.2) is 24.7 Å². The molecule has 8 nitrogen and oxygen atoms in total. The van der Waals surface area contributed by atoms with Crippen molar-refractivity contribution in [2.75, 3.05) is 6.79 Å². The van der Waals surface area contributed by atoms with Gasteiger partial charge in [0.2, 0.25) is 0 Å². The summed E-state index contributed by atoms with van der Waals surface area (Å²) in [5.41, 5.74) is 3.34. The Balaban J connectivity index is 1.16. The third-order valence-corrected chi connectivity index (χ3v) is 7.08. The van der Waals surface area contributed by atoms with Crippen molar-refractivity contribution in [1.29, 1.82) is 0 Å². The minimum atomic E-state index is -0.707. The van der Waals surface area contributed by atoms with E-state index in [1.54, 1.807) is 30.3 Å². The van der Waals surface area contributed by atoms with Crippen LogP contribution < -0.4 is 9.47 Å². The fourth-order valence-corrected chi connectivity index (χ4v) is 4.77. The highest BCUT2D eigenvalue weighted by molar-refractivity contribution is 6.16. The first kappa shape index (κ1) is 25.3. The molecule has 0 saturated carbocycles. The van der Waals surface area contributed by atoms with Crippen LogP contribution in [0, 0.1) is 0 Å². The summed E-state index contributed by atoms with van der Waals surface area (Å²) in [6, 6.07) is 25.4. The molecule has 0 bridgehead atoms. The van der Waals surface area contributed by atoms with Crippen LogP contribution in [0.3, 0.4) is 0 Å². The van der Waals surface area contributed by atoms with Crippen LogP contribution in [0.2, 0.25) is 0 Å². The zero-order valence-electron chi connectivity index (χ0n) is 21.8. The normalized spacial score (nSPS) is 14.5. The van der Waals surface area contributed by atoms with Crippen LogP contribution in [-0.2, 0) is 26.2 Å². The first-order valence-electron chi connectivity index (χ1n) is 12.6. The second kappa shape index (κ2) is 9.98. The lowest BCUT2D eigenvalue weighted by Gasteiger charge is -2.26. The lowest BCUT2D eigenvalue weighted by Crippen LogP contribution is -2.18. The Labute approximate surface area is 230 Å². The summed E-state index contributed by atoms with van der Waals surface area (Å²) < 4.78 is 27.0. The van der Waals surface area contributed by atoms with Crippen molar-refractivity contribution < 1.29 is 38.1 Å². The molecule has 0 spiro atoms. The van der Waals surface area contributed by atoms with E-state index in [0.717, 1.165) is 16.7 Å². The first-order valence-corrected chi connectivity index (χ1v) is 12.6. The first-order chi connectivity index (χ1) is 19.3. The molecule has 0 atom stereocenters. The zero-order chi connectivity index (χ0) is 27.9. The Kier molecular flexibility index (Phi) is 6.32. The average molecular weight is 537 g/mol. The summed E-state index contributed by atoms with van der Waals surface area (Å²) in [7, 11) is 0. The smallest absolute Gasteiger partial charge is 0.350 e. The van der Waals surface area contributed by atoms with Gasteiger partial charge in [-0.05, 0) is 71.3 Å². The molecule has 200 valence electrons. The number of carbonyl (C=O) groups is 3. The van der Waals surface area contributed by atoms with E-state index in [1.165, 1.54) is 6.07 Å². The molecule has 2 aliphatic heterocycles. The van der Waals surface area contributed by atoms with E-state index in [0.29, 0.717) is 22.8 Å². The lowest BCUT2D eigenvalue weighted by atomic mass is 9.78. The second-order valence-corrected chi connectivity index (χ2v) is 9.95. The van der Waals surface area contributed by atoms with Gasteiger partial charge in [0.15, 0.2) is 6.79 Å². The molecule has 2 aliphatic rings. The van der Waals surface area contributed by atoms with Gasteiger partial charge in [0, 0.05) is 5.41 Å². The highest BCUT2D eigenvalue weighted by Gasteiger charge is 2.33. The number of esters is 3. The van der Waals surface area contributed by atoms with E-state index in [2.05, 4.69) is 13.8 Å². The molecule has 0 N–H and O–H groups in total. The maximum atomic E-state index is 12.1. The Hall–Kier alpha value is -4.95. The van der Waals surface area contributed by atoms with Crippen LogP contribution in [0.25, 0.3) is 0 Å². The standard InChI is InChI=1S/C32H24O8/c1-32(2,21-8-12-23(13-9-21)39-27-5-3-4-26-28(27)31(35)40-30(26)34)20-6-10-22(11-7-20)38-24-14-15-25-19(16-24)17-36-18-37-29(25)33/h3-16H,17-18H2,1-2H3. The van der Waals surface area contributed by atoms with Gasteiger partial charge >= 0.3 is 17.9 Å². The van der Waals surface area contributed by atoms with Gasteiger partial charge < -0.3 is 23.7 Å². The number of hydrogen-bond donors (Lipinski definition) is 0. The van der Waals surface area contributed by atoms with Gasteiger partial charge in [-0.25, -0.2) is 14.4 Å². The van der Waals surface area contributed by atoms with E-state index in [-0.39, 0.29) is 35.7 Å². The van der Waals surface area contributed by atoms with Gasteiger partial charge in [0.25, 0.3) is 0 Å². The molecule has 4 aromatic carbocycles. The molecular weight excluding hydrogens is 512 g/mol. The monoisotopic (exact) mass is 536 g/mol. The number of ether oxygens (including phenoxy) is 5. The maximum absolute atomic E-state index is 12.1. The van der Waals surface area contributed by atoms with Crippen molar-refractivity contribution in [2.45, 2.75) is 25.9 Å². The van der Waals surface area contributed by atoms with E-state index in [1.807, 2.05) is 48.5 Å². The molecule has 8 heteroatoms. The van der Waals surface area contributed by atoms with E-state index < -0.39 is 17.9 Å². The predicted octanol–water partition coefficient (Wildman–Crippen LogP) is 6.55. The van der Waals surface area contributed by atoms with Crippen molar-refractivity contribution in [3.05, 3.63) is 118 Å². The molecule has 0 fully saturated rings. The summed E-state index contributed by atoms with van der Waals surface area (Å²) in [5, 5.41) is 0. The van der Waals surface area contributed by atoms with Crippen molar-refractivity contribution in [3.8, 4) is 23.0 Å². The number of rotatable bonds is 6. The van der Waals surface area contributed by atoms with Crippen LogP contribution in [0.4, 0.5) is 0 Å². The van der Waals surface area contributed by atoms with Gasteiger partial charge in [-0.1, -0.05) is 44.2 Å². The van der Waals surface area contributed by atoms with E-state index >= 15 is 0 Å². The third-order valence-electron chi connectivity index (χ3n) is 7.08. The summed E-state index contributed by atoms with van der Waals surface area (Å²) in [4.78, 5) is 35.9. The van der Waals surface area contributed by atoms with Gasteiger partial charge in [0.05, 0.1) is 17.7 Å². The van der Waals surface area contributed by atoms with Gasteiger partial charge in [-0.2, -0.15) is 0 Å². The largest absolute Gasteiger partial charge is 0.457 e. The molecular formula is C32H24O8. The lowest BCUT2D eigenvalue weighted by molar-refractivity contribution is -0.0314. The molecule has 0 saturated heterocycles. The number of hydrogen-bond acceptors (Lipinski definition) is 8. The van der Waals surface area contributed by atoms with Crippen molar-refractivity contribution in [2.24, 2.45) is 0 Å². The molecule has 6 rings (SSSR count). The van der Waals surface area contributed by atoms with E-state index in [4.69, 9.17) is 23.7 Å². The number of benzene rings is 4. The zero-order valence-corrected chi connectivity index (χ0v) is 21.8. The average Bonchev–Trinajstić information content (AvgIpc) is 3.12. The number of carbonyl (C=O) groups excluding carboxylic acids is 3. The van der Waals surface area contributed by atoms with Crippen molar-refractivity contribution in [1.82, 2.24) is 0 Å². The summed E-state index contributed by atoms with van der Waals surface area (Å²) >= 11 is 0. The third kappa shape index (κ3) is 4.69. The summed E-state index contributed by atoms with van der Waals surface area (Å²) in [6.07, 6.45) is 0. The highest BCUT2D eigenvalue weighted by Crippen LogP contribution is 2.36. The topological polar surface area (TPSA) is 97.4 Å². The van der Waals surface area contributed by atoms with Crippen LogP contribution >= 0.6 is 0 Å². The Morgan fingerprint density at radius 3 is 2.02 bits per heavy atom. The second-order valence-electron chi connectivity index (χ2n) is 9.95. The van der Waals surface area contributed by atoms with Gasteiger partial charge in [0.1, 0.15) is 28.6 Å². The summed E-state index contributed by atoms with van der Waals surface area (Å²) in [5.74, 6) is 0.282. The molecule has 0 unspecified atom stereocenters. The quantitative estimate of drug-likeness (QED) is 0.202. The van der Waals surface area contributed by atoms with Crippen LogP contribution in [0.1, 0.15) is 61.6 Å². The number of fused-ring (bicyclic) bond motifs is 2. The van der Waals surface area contributed by atoms with Gasteiger partial charge in [-0.15, -0.1) is 0 Å². The van der Waals surface area contributed by atoms with E-state index in [9.17, 15) is 14.4 Å². The van der Waals surface area contributed by atoms with Crippen molar-refractivity contribution in [3.63, 3.8) is 0 Å². The maximum Gasteiger partial charge on any atom is 0.350 e. The van der Waals surface area contributed by atoms with Crippen LogP contribution in [0.15, 0.2) is 84.9 Å². The Morgan fingerprint density at radius 2 is 1.32 bits per heavy atom. The molecule has 0 amide bonds. The molecule has 2 heterocycles. The predicted molar refractivity (Wildman–Crippen MR) is 143 cm³/mol. The SMILES string of the molecule is CC(C)(c1ccc(Oc2ccc3c(c2)COCOC3=O)cc1)c1ccc(Oc2cccc3c2C(=O)OC3=O)cc1. The molecule has 40 heavy (non-hydrogen) atoms. The van der Waals surface area contributed by atoms with Crippen molar-refractivity contribution >= 4 is 17.9 Å². The fraction of sp³-hybridized carbons (Fsp3) is 0.156. The number of cyclic esters (lactones) is 3. The Morgan fingerprint density at radius 1 is 0.675 bits per heavy atom. The minimum absolute atomic E-state index is 0.0654. The summed E-state index contributed by atoms with van der Waals surface area (Å²) in [6.45, 7) is 4.45.